The van der Waals surface area contributed by atoms with E-state index in [0.717, 1.165) is 37.6 Å². The monoisotopic (exact) mass is 420 g/mol. The molecule has 3 N–H and O–H groups in total. The summed E-state index contributed by atoms with van der Waals surface area (Å²) in [7, 11) is 0. The number of aliphatic hydroxyl groups excluding tert-OH is 2. The smallest absolute Gasteiger partial charge is 0.140 e. The first-order valence-electron chi connectivity index (χ1n) is 9.85. The fourth-order valence-electron chi connectivity index (χ4n) is 3.48. The fourth-order valence-corrected chi connectivity index (χ4v) is 4.54. The second kappa shape index (κ2) is 8.87. The molecule has 0 aliphatic carbocycles. The zero-order valence-electron chi connectivity index (χ0n) is 17.0. The van der Waals surface area contributed by atoms with Crippen molar-refractivity contribution in [3.05, 3.63) is 70.6 Å². The molecule has 4 rings (SSSR count). The Balaban J connectivity index is 1.85. The molecule has 0 radical (unpaired) electrons. The van der Waals surface area contributed by atoms with Crippen LogP contribution in [0.25, 0.3) is 21.3 Å². The standard InChI is InChI=1S/C23H24N4O2S/c1-14-7-6-10-18(25-14)11-24-22-20-19(16-8-4-3-5-9-16)15(2)30-23(20)27-21(26-22)17(12-28)13-29/h3-10,17,28-29H,11-13H2,1-2H3,(H,24,26,27). The van der Waals surface area contributed by atoms with Crippen molar-refractivity contribution in [1.82, 2.24) is 15.0 Å². The number of hydrogen-bond donors (Lipinski definition) is 3. The number of pyridine rings is 1. The van der Waals surface area contributed by atoms with Crippen molar-refractivity contribution in [3.8, 4) is 11.1 Å². The predicted molar refractivity (Wildman–Crippen MR) is 121 cm³/mol. The van der Waals surface area contributed by atoms with Gasteiger partial charge in [0.05, 0.1) is 36.8 Å². The van der Waals surface area contributed by atoms with Crippen LogP contribution >= 0.6 is 11.3 Å². The van der Waals surface area contributed by atoms with E-state index in [1.165, 1.54) is 0 Å². The summed E-state index contributed by atoms with van der Waals surface area (Å²) in [5.74, 6) is 0.607. The van der Waals surface area contributed by atoms with E-state index in [1.807, 2.05) is 43.3 Å². The van der Waals surface area contributed by atoms with Crippen molar-refractivity contribution in [2.45, 2.75) is 26.3 Å². The molecule has 154 valence electrons. The van der Waals surface area contributed by atoms with Gasteiger partial charge in [-0.05, 0) is 31.5 Å². The topological polar surface area (TPSA) is 91.2 Å². The maximum absolute atomic E-state index is 9.65. The first-order chi connectivity index (χ1) is 14.6. The van der Waals surface area contributed by atoms with E-state index in [2.05, 4.69) is 34.3 Å². The van der Waals surface area contributed by atoms with Crippen LogP contribution < -0.4 is 5.32 Å². The zero-order chi connectivity index (χ0) is 21.1. The highest BCUT2D eigenvalue weighted by atomic mass is 32.1. The van der Waals surface area contributed by atoms with Crippen LogP contribution in [0.15, 0.2) is 48.5 Å². The Labute approximate surface area is 179 Å². The van der Waals surface area contributed by atoms with E-state index in [4.69, 9.17) is 4.98 Å². The molecule has 0 spiro atoms. The normalized spacial score (nSPS) is 11.4. The number of anilines is 1. The molecular weight excluding hydrogens is 396 g/mol. The third-order valence-electron chi connectivity index (χ3n) is 5.00. The number of nitrogens with one attached hydrogen (secondary N) is 1. The van der Waals surface area contributed by atoms with Gasteiger partial charge >= 0.3 is 0 Å². The molecule has 0 saturated carbocycles. The van der Waals surface area contributed by atoms with Crippen LogP contribution in [0.2, 0.25) is 0 Å². The number of fused-ring (bicyclic) bond motifs is 1. The van der Waals surface area contributed by atoms with Gasteiger partial charge in [-0.1, -0.05) is 36.4 Å². The lowest BCUT2D eigenvalue weighted by molar-refractivity contribution is 0.188. The summed E-state index contributed by atoms with van der Waals surface area (Å²) >= 11 is 1.59. The Morgan fingerprint density at radius 1 is 0.933 bits per heavy atom. The molecule has 0 amide bonds. The summed E-state index contributed by atoms with van der Waals surface area (Å²) < 4.78 is 0. The minimum absolute atomic E-state index is 0.212. The molecule has 0 fully saturated rings. The average Bonchev–Trinajstić information content (AvgIpc) is 3.09. The van der Waals surface area contributed by atoms with Crippen LogP contribution in [-0.2, 0) is 6.54 Å². The van der Waals surface area contributed by atoms with Crippen LogP contribution in [0.1, 0.15) is 28.0 Å². The Morgan fingerprint density at radius 2 is 1.70 bits per heavy atom. The largest absolute Gasteiger partial charge is 0.396 e. The van der Waals surface area contributed by atoms with Crippen molar-refractivity contribution in [2.24, 2.45) is 0 Å². The summed E-state index contributed by atoms with van der Waals surface area (Å²) in [4.78, 5) is 15.9. The zero-order valence-corrected chi connectivity index (χ0v) is 17.8. The molecule has 6 nitrogen and oxygen atoms in total. The van der Waals surface area contributed by atoms with Gasteiger partial charge in [0.1, 0.15) is 16.5 Å². The molecule has 0 aliphatic rings. The molecule has 0 atom stereocenters. The molecule has 3 heterocycles. The number of hydrogen-bond acceptors (Lipinski definition) is 7. The number of aryl methyl sites for hydroxylation is 2. The number of aliphatic hydroxyl groups is 2. The van der Waals surface area contributed by atoms with Gasteiger partial charge in [-0.3, -0.25) is 4.98 Å². The molecule has 0 bridgehead atoms. The van der Waals surface area contributed by atoms with Crippen LogP contribution in [-0.4, -0.2) is 38.4 Å². The van der Waals surface area contributed by atoms with Gasteiger partial charge in [0.25, 0.3) is 0 Å². The second-order valence-corrected chi connectivity index (χ2v) is 8.40. The maximum Gasteiger partial charge on any atom is 0.140 e. The van der Waals surface area contributed by atoms with E-state index in [9.17, 15) is 10.2 Å². The van der Waals surface area contributed by atoms with Crippen molar-refractivity contribution < 1.29 is 10.2 Å². The molecule has 0 unspecified atom stereocenters. The highest BCUT2D eigenvalue weighted by Crippen LogP contribution is 2.41. The summed E-state index contributed by atoms with van der Waals surface area (Å²) in [6.45, 7) is 4.13. The van der Waals surface area contributed by atoms with Crippen molar-refractivity contribution in [3.63, 3.8) is 0 Å². The molecule has 3 aromatic heterocycles. The molecule has 1 aromatic carbocycles. The van der Waals surface area contributed by atoms with Gasteiger partial charge < -0.3 is 15.5 Å². The lowest BCUT2D eigenvalue weighted by atomic mass is 10.0. The molecule has 30 heavy (non-hydrogen) atoms. The average molecular weight is 421 g/mol. The molecule has 4 aromatic rings. The summed E-state index contributed by atoms with van der Waals surface area (Å²) in [5, 5.41) is 23.7. The Kier molecular flexibility index (Phi) is 6.03. The minimum atomic E-state index is -0.519. The SMILES string of the molecule is Cc1cccc(CNc2nc(C(CO)CO)nc3sc(C)c(-c4ccccc4)c23)n1. The third-order valence-corrected chi connectivity index (χ3v) is 6.00. The Morgan fingerprint density at radius 3 is 2.40 bits per heavy atom. The van der Waals surface area contributed by atoms with Crippen molar-refractivity contribution in [2.75, 3.05) is 18.5 Å². The number of nitrogens with zero attached hydrogens (tertiary/aromatic N) is 3. The van der Waals surface area contributed by atoms with Crippen molar-refractivity contribution in [1.29, 1.82) is 0 Å². The lowest BCUT2D eigenvalue weighted by Crippen LogP contribution is -2.14. The number of benzene rings is 1. The summed E-state index contributed by atoms with van der Waals surface area (Å²) in [5.41, 5.74) is 4.08. The number of rotatable bonds is 7. The lowest BCUT2D eigenvalue weighted by Gasteiger charge is -2.14. The van der Waals surface area contributed by atoms with Gasteiger partial charge in [-0.15, -0.1) is 11.3 Å². The van der Waals surface area contributed by atoms with Gasteiger partial charge in [0.2, 0.25) is 0 Å². The van der Waals surface area contributed by atoms with Crippen LogP contribution in [0.4, 0.5) is 5.82 Å². The van der Waals surface area contributed by atoms with Crippen LogP contribution in [0, 0.1) is 13.8 Å². The van der Waals surface area contributed by atoms with E-state index in [1.54, 1.807) is 11.3 Å². The first-order valence-corrected chi connectivity index (χ1v) is 10.7. The first kappa shape index (κ1) is 20.4. The summed E-state index contributed by atoms with van der Waals surface area (Å²) in [6.07, 6.45) is 0. The number of thiophene rings is 1. The summed E-state index contributed by atoms with van der Waals surface area (Å²) in [6, 6.07) is 16.1. The van der Waals surface area contributed by atoms with Gasteiger partial charge in [-0.25, -0.2) is 9.97 Å². The highest BCUT2D eigenvalue weighted by Gasteiger charge is 2.21. The minimum Gasteiger partial charge on any atom is -0.396 e. The van der Waals surface area contributed by atoms with Crippen molar-refractivity contribution >= 4 is 27.4 Å². The van der Waals surface area contributed by atoms with E-state index >= 15 is 0 Å². The quantitative estimate of drug-likeness (QED) is 0.418. The van der Waals surface area contributed by atoms with Gasteiger partial charge in [-0.2, -0.15) is 0 Å². The van der Waals surface area contributed by atoms with Gasteiger partial charge in [0.15, 0.2) is 0 Å². The Bertz CT molecular complexity index is 1160. The predicted octanol–water partition coefficient (Wildman–Crippen LogP) is 4.05. The van der Waals surface area contributed by atoms with E-state index in [0.29, 0.717) is 18.2 Å². The number of aromatic nitrogens is 3. The molecule has 0 aliphatic heterocycles. The maximum atomic E-state index is 9.65. The molecular formula is C23H24N4O2S. The van der Waals surface area contributed by atoms with Crippen LogP contribution in [0.3, 0.4) is 0 Å². The van der Waals surface area contributed by atoms with Crippen LogP contribution in [0.5, 0.6) is 0 Å². The van der Waals surface area contributed by atoms with Gasteiger partial charge in [0, 0.05) is 16.1 Å². The highest BCUT2D eigenvalue weighted by molar-refractivity contribution is 7.19. The molecule has 0 saturated heterocycles. The fraction of sp³-hybridized carbons (Fsp3) is 0.261. The molecule has 7 heteroatoms. The third kappa shape index (κ3) is 4.05. The second-order valence-electron chi connectivity index (χ2n) is 7.20. The van der Waals surface area contributed by atoms with E-state index < -0.39 is 5.92 Å². The Hall–Kier alpha value is -2.87. The van der Waals surface area contributed by atoms with E-state index in [-0.39, 0.29) is 13.2 Å².